The minimum atomic E-state index is 0.661. The van der Waals surface area contributed by atoms with E-state index in [2.05, 4.69) is 24.1 Å². The maximum atomic E-state index is 5.50. The SMILES string of the molecule is C[C@H](NC1CCN([C@H]2CCCC[C@H]2C)CC1)C1CCOCC1. The summed E-state index contributed by atoms with van der Waals surface area (Å²) in [6.07, 6.45) is 11.0. The molecule has 3 heteroatoms. The first-order valence-corrected chi connectivity index (χ1v) is 9.82. The second-order valence-electron chi connectivity index (χ2n) is 8.04. The summed E-state index contributed by atoms with van der Waals surface area (Å²) in [6.45, 7) is 9.43. The van der Waals surface area contributed by atoms with E-state index in [0.29, 0.717) is 6.04 Å². The molecule has 0 spiro atoms. The van der Waals surface area contributed by atoms with Crippen LogP contribution in [0.2, 0.25) is 0 Å². The summed E-state index contributed by atoms with van der Waals surface area (Å²) in [4.78, 5) is 2.81. The Hall–Kier alpha value is -0.120. The Morgan fingerprint density at radius 2 is 1.64 bits per heavy atom. The summed E-state index contributed by atoms with van der Waals surface area (Å²) in [5.41, 5.74) is 0. The molecule has 1 aliphatic carbocycles. The van der Waals surface area contributed by atoms with Crippen LogP contribution in [0.4, 0.5) is 0 Å². The van der Waals surface area contributed by atoms with E-state index in [0.717, 1.165) is 37.1 Å². The standard InChI is InChI=1S/C19H36N2O/c1-15-5-3-4-6-19(15)21-11-7-18(8-12-21)20-16(2)17-9-13-22-14-10-17/h15-20H,3-14H2,1-2H3/t15-,16+,19+/m1/s1. The summed E-state index contributed by atoms with van der Waals surface area (Å²) in [5, 5.41) is 3.94. The van der Waals surface area contributed by atoms with Crippen molar-refractivity contribution in [3.63, 3.8) is 0 Å². The smallest absolute Gasteiger partial charge is 0.0469 e. The van der Waals surface area contributed by atoms with Crippen LogP contribution in [0.5, 0.6) is 0 Å². The van der Waals surface area contributed by atoms with Crippen LogP contribution in [-0.2, 0) is 4.74 Å². The predicted octanol–water partition coefficient (Wildman–Crippen LogP) is 3.43. The Balaban J connectivity index is 1.41. The molecule has 3 aliphatic rings. The van der Waals surface area contributed by atoms with Crippen LogP contribution in [0.1, 0.15) is 65.2 Å². The molecule has 0 radical (unpaired) electrons. The van der Waals surface area contributed by atoms with Gasteiger partial charge in [-0.15, -0.1) is 0 Å². The van der Waals surface area contributed by atoms with Gasteiger partial charge in [-0.05, 0) is 70.4 Å². The highest BCUT2D eigenvalue weighted by Crippen LogP contribution is 2.30. The number of piperidine rings is 1. The molecule has 128 valence electrons. The number of rotatable bonds is 4. The first-order chi connectivity index (χ1) is 10.7. The highest BCUT2D eigenvalue weighted by Gasteiger charge is 2.31. The van der Waals surface area contributed by atoms with E-state index in [4.69, 9.17) is 4.74 Å². The topological polar surface area (TPSA) is 24.5 Å². The highest BCUT2D eigenvalue weighted by atomic mass is 16.5. The Bertz CT molecular complexity index is 321. The Labute approximate surface area is 137 Å². The number of nitrogens with zero attached hydrogens (tertiary/aromatic N) is 1. The molecule has 1 N–H and O–H groups in total. The van der Waals surface area contributed by atoms with Gasteiger partial charge < -0.3 is 15.0 Å². The van der Waals surface area contributed by atoms with Crippen molar-refractivity contribution in [1.29, 1.82) is 0 Å². The molecule has 0 aromatic heterocycles. The summed E-state index contributed by atoms with van der Waals surface area (Å²) in [5.74, 6) is 1.74. The molecular formula is C19H36N2O. The van der Waals surface area contributed by atoms with Gasteiger partial charge in [0.15, 0.2) is 0 Å². The number of nitrogens with one attached hydrogen (secondary N) is 1. The average Bonchev–Trinajstić information content (AvgIpc) is 2.57. The van der Waals surface area contributed by atoms with Gasteiger partial charge in [-0.3, -0.25) is 0 Å². The van der Waals surface area contributed by atoms with Crippen molar-refractivity contribution in [1.82, 2.24) is 10.2 Å². The molecule has 0 aromatic carbocycles. The lowest BCUT2D eigenvalue weighted by molar-refractivity contribution is 0.0483. The van der Waals surface area contributed by atoms with E-state index in [1.165, 1.54) is 64.5 Å². The van der Waals surface area contributed by atoms with Gasteiger partial charge in [-0.1, -0.05) is 19.8 Å². The van der Waals surface area contributed by atoms with E-state index in [9.17, 15) is 0 Å². The van der Waals surface area contributed by atoms with Crippen LogP contribution in [0.3, 0.4) is 0 Å². The van der Waals surface area contributed by atoms with Gasteiger partial charge in [0.05, 0.1) is 0 Å². The monoisotopic (exact) mass is 308 g/mol. The predicted molar refractivity (Wildman–Crippen MR) is 92.2 cm³/mol. The Morgan fingerprint density at radius 1 is 0.955 bits per heavy atom. The van der Waals surface area contributed by atoms with Crippen LogP contribution in [-0.4, -0.2) is 49.3 Å². The highest BCUT2D eigenvalue weighted by molar-refractivity contribution is 4.88. The van der Waals surface area contributed by atoms with Crippen molar-refractivity contribution in [3.05, 3.63) is 0 Å². The molecule has 3 atom stereocenters. The third-order valence-electron chi connectivity index (χ3n) is 6.54. The van der Waals surface area contributed by atoms with Crippen molar-refractivity contribution >= 4 is 0 Å². The van der Waals surface area contributed by atoms with Crippen LogP contribution >= 0.6 is 0 Å². The van der Waals surface area contributed by atoms with Crippen molar-refractivity contribution in [2.24, 2.45) is 11.8 Å². The molecular weight excluding hydrogens is 272 g/mol. The van der Waals surface area contributed by atoms with Crippen molar-refractivity contribution in [3.8, 4) is 0 Å². The van der Waals surface area contributed by atoms with Gasteiger partial charge in [0.1, 0.15) is 0 Å². The Kier molecular flexibility index (Phi) is 6.17. The quantitative estimate of drug-likeness (QED) is 0.861. The van der Waals surface area contributed by atoms with Crippen LogP contribution in [0.25, 0.3) is 0 Å². The first-order valence-electron chi connectivity index (χ1n) is 9.82. The lowest BCUT2D eigenvalue weighted by Crippen LogP contribution is -2.51. The largest absolute Gasteiger partial charge is 0.381 e. The molecule has 0 amide bonds. The Morgan fingerprint density at radius 3 is 2.32 bits per heavy atom. The lowest BCUT2D eigenvalue weighted by atomic mass is 9.83. The zero-order valence-corrected chi connectivity index (χ0v) is 14.7. The van der Waals surface area contributed by atoms with Gasteiger partial charge in [-0.25, -0.2) is 0 Å². The zero-order chi connectivity index (χ0) is 15.4. The zero-order valence-electron chi connectivity index (χ0n) is 14.7. The van der Waals surface area contributed by atoms with Crippen LogP contribution in [0.15, 0.2) is 0 Å². The molecule has 2 saturated heterocycles. The van der Waals surface area contributed by atoms with Crippen LogP contribution in [0, 0.1) is 11.8 Å². The molecule has 2 aliphatic heterocycles. The lowest BCUT2D eigenvalue weighted by Gasteiger charge is -2.43. The molecule has 1 saturated carbocycles. The minimum Gasteiger partial charge on any atom is -0.381 e. The summed E-state index contributed by atoms with van der Waals surface area (Å²) >= 11 is 0. The van der Waals surface area contributed by atoms with Crippen molar-refractivity contribution < 1.29 is 4.74 Å². The van der Waals surface area contributed by atoms with Gasteiger partial charge in [0, 0.05) is 31.3 Å². The molecule has 0 bridgehead atoms. The summed E-state index contributed by atoms with van der Waals surface area (Å²) < 4.78 is 5.50. The first kappa shape index (κ1) is 16.7. The fourth-order valence-electron chi connectivity index (χ4n) is 4.96. The molecule has 3 rings (SSSR count). The molecule has 3 fully saturated rings. The number of likely N-dealkylation sites (tertiary alicyclic amines) is 1. The maximum absolute atomic E-state index is 5.50. The second-order valence-corrected chi connectivity index (χ2v) is 8.04. The minimum absolute atomic E-state index is 0.661. The van der Waals surface area contributed by atoms with Gasteiger partial charge >= 0.3 is 0 Å². The third-order valence-corrected chi connectivity index (χ3v) is 6.54. The van der Waals surface area contributed by atoms with Crippen LogP contribution < -0.4 is 5.32 Å². The van der Waals surface area contributed by atoms with E-state index >= 15 is 0 Å². The number of ether oxygens (including phenoxy) is 1. The number of hydrogen-bond acceptors (Lipinski definition) is 3. The van der Waals surface area contributed by atoms with E-state index in [1.807, 2.05) is 0 Å². The fraction of sp³-hybridized carbons (Fsp3) is 1.00. The van der Waals surface area contributed by atoms with Gasteiger partial charge in [0.2, 0.25) is 0 Å². The van der Waals surface area contributed by atoms with Gasteiger partial charge in [-0.2, -0.15) is 0 Å². The van der Waals surface area contributed by atoms with Gasteiger partial charge in [0.25, 0.3) is 0 Å². The molecule has 0 unspecified atom stereocenters. The second kappa shape index (κ2) is 8.12. The molecule has 22 heavy (non-hydrogen) atoms. The summed E-state index contributed by atoms with van der Waals surface area (Å²) in [6, 6.07) is 2.28. The van der Waals surface area contributed by atoms with Crippen molar-refractivity contribution in [2.45, 2.75) is 83.3 Å². The van der Waals surface area contributed by atoms with E-state index in [1.54, 1.807) is 0 Å². The van der Waals surface area contributed by atoms with E-state index < -0.39 is 0 Å². The van der Waals surface area contributed by atoms with E-state index in [-0.39, 0.29) is 0 Å². The molecule has 2 heterocycles. The molecule has 3 nitrogen and oxygen atoms in total. The van der Waals surface area contributed by atoms with Crippen molar-refractivity contribution in [2.75, 3.05) is 26.3 Å². The third kappa shape index (κ3) is 4.24. The normalized spacial score (nSPS) is 34.6. The maximum Gasteiger partial charge on any atom is 0.0469 e. The molecule has 0 aromatic rings. The average molecular weight is 309 g/mol. The number of hydrogen-bond donors (Lipinski definition) is 1. The summed E-state index contributed by atoms with van der Waals surface area (Å²) in [7, 11) is 0. The fourth-order valence-corrected chi connectivity index (χ4v) is 4.96.